The third-order valence-electron chi connectivity index (χ3n) is 2.18. The van der Waals surface area contributed by atoms with E-state index in [2.05, 4.69) is 14.7 Å². The molecule has 0 radical (unpaired) electrons. The molecule has 0 aromatic carbocycles. The molecule has 0 aliphatic heterocycles. The highest BCUT2D eigenvalue weighted by Gasteiger charge is 2.13. The summed E-state index contributed by atoms with van der Waals surface area (Å²) in [5.41, 5.74) is 2.22. The van der Waals surface area contributed by atoms with Gasteiger partial charge in [0.05, 0.1) is 18.4 Å². The molecular formula is C8H11N4O3P. The van der Waals surface area contributed by atoms with Crippen LogP contribution < -0.4 is 9.58 Å². The van der Waals surface area contributed by atoms with Crippen molar-refractivity contribution in [2.24, 2.45) is 14.1 Å². The molecule has 1 unspecified atom stereocenters. The maximum Gasteiger partial charge on any atom is 0.203 e. The molecule has 2 aromatic rings. The molecule has 7 nitrogen and oxygen atoms in total. The quantitative estimate of drug-likeness (QED) is 0.512. The van der Waals surface area contributed by atoms with Gasteiger partial charge in [0, 0.05) is 12.1 Å². The van der Waals surface area contributed by atoms with Crippen LogP contribution in [0.4, 0.5) is 0 Å². The Morgan fingerprint density at radius 3 is 3.12 bits per heavy atom. The van der Waals surface area contributed by atoms with Crippen molar-refractivity contribution in [1.82, 2.24) is 14.9 Å². The first-order valence-electron chi connectivity index (χ1n) is 4.59. The zero-order valence-corrected chi connectivity index (χ0v) is 9.88. The van der Waals surface area contributed by atoms with Crippen molar-refractivity contribution in [2.75, 3.05) is 0 Å². The fraction of sp³-hybridized carbons (Fsp3) is 0.375. The van der Waals surface area contributed by atoms with Crippen LogP contribution in [-0.4, -0.2) is 14.9 Å². The van der Waals surface area contributed by atoms with Crippen LogP contribution in [0.3, 0.4) is 0 Å². The zero-order valence-electron chi connectivity index (χ0n) is 8.88. The maximum absolute atomic E-state index is 10.4. The Bertz CT molecular complexity index is 553. The summed E-state index contributed by atoms with van der Waals surface area (Å²) in [6.45, 7) is 0.00763. The first-order valence-corrected chi connectivity index (χ1v) is 5.81. The predicted octanol–water partition coefficient (Wildman–Crippen LogP) is -0.941. The van der Waals surface area contributed by atoms with Crippen molar-refractivity contribution in [3.63, 3.8) is 0 Å². The Hall–Kier alpha value is -1.30. The van der Waals surface area contributed by atoms with E-state index in [0.29, 0.717) is 5.52 Å². The van der Waals surface area contributed by atoms with E-state index in [1.165, 1.54) is 0 Å². The molecule has 0 fully saturated rings. The second-order valence-electron chi connectivity index (χ2n) is 3.37. The average Bonchev–Trinajstić information content (AvgIpc) is 2.56. The minimum absolute atomic E-state index is 0.00763. The van der Waals surface area contributed by atoms with Crippen molar-refractivity contribution in [1.29, 1.82) is 0 Å². The van der Waals surface area contributed by atoms with E-state index in [9.17, 15) is 9.46 Å². The summed E-state index contributed by atoms with van der Waals surface area (Å²) >= 11 is 0. The number of aryl methyl sites for hydroxylation is 2. The molecule has 16 heavy (non-hydrogen) atoms. The fourth-order valence-corrected chi connectivity index (χ4v) is 1.87. The monoisotopic (exact) mass is 242 g/mol. The van der Waals surface area contributed by atoms with Crippen LogP contribution >= 0.6 is 8.25 Å². The molecule has 0 aliphatic carbocycles. The first kappa shape index (κ1) is 11.2. The molecule has 8 heteroatoms. The van der Waals surface area contributed by atoms with Gasteiger partial charge in [-0.05, 0) is 0 Å². The molecule has 1 atom stereocenters. The molecular weight excluding hydrogens is 231 g/mol. The van der Waals surface area contributed by atoms with E-state index in [1.54, 1.807) is 35.9 Å². The summed E-state index contributed by atoms with van der Waals surface area (Å²) in [5.74, 6) is 0. The lowest BCUT2D eigenvalue weighted by atomic mass is 10.2. The maximum atomic E-state index is 10.4. The van der Waals surface area contributed by atoms with Crippen LogP contribution in [0, 0.1) is 0 Å². The number of aromatic nitrogens is 4. The smallest absolute Gasteiger partial charge is 0.203 e. The Morgan fingerprint density at radius 2 is 2.44 bits per heavy atom. The van der Waals surface area contributed by atoms with E-state index >= 15 is 0 Å². The SMILES string of the molecule is Cn1ncc2n[n+](C)cc(CO[PH](=O)[O-])c21. The van der Waals surface area contributed by atoms with E-state index in [-0.39, 0.29) is 6.61 Å². The van der Waals surface area contributed by atoms with Gasteiger partial charge in [0.1, 0.15) is 13.8 Å². The van der Waals surface area contributed by atoms with E-state index in [1.807, 2.05) is 0 Å². The summed E-state index contributed by atoms with van der Waals surface area (Å²) < 4.78 is 18.3. The second kappa shape index (κ2) is 4.29. The van der Waals surface area contributed by atoms with E-state index in [4.69, 9.17) is 0 Å². The van der Waals surface area contributed by atoms with Gasteiger partial charge in [0.2, 0.25) is 6.20 Å². The normalized spacial score (nSPS) is 13.2. The van der Waals surface area contributed by atoms with E-state index < -0.39 is 8.25 Å². The molecule has 0 spiro atoms. The highest BCUT2D eigenvalue weighted by molar-refractivity contribution is 7.30. The summed E-state index contributed by atoms with van der Waals surface area (Å²) in [7, 11) is 0.364. The fourth-order valence-electron chi connectivity index (χ4n) is 1.60. The molecule has 0 amide bonds. The van der Waals surface area contributed by atoms with Crippen LogP contribution in [0.25, 0.3) is 11.0 Å². The van der Waals surface area contributed by atoms with Crippen LogP contribution in [0.15, 0.2) is 12.4 Å². The summed E-state index contributed by atoms with van der Waals surface area (Å²) in [6, 6.07) is 0. The first-order chi connectivity index (χ1) is 7.58. The number of hydrogen-bond acceptors (Lipinski definition) is 5. The van der Waals surface area contributed by atoms with Crippen LogP contribution in [0.2, 0.25) is 0 Å². The van der Waals surface area contributed by atoms with Gasteiger partial charge in [-0.15, -0.1) is 0 Å². The van der Waals surface area contributed by atoms with Gasteiger partial charge in [0.15, 0.2) is 12.6 Å². The Morgan fingerprint density at radius 1 is 1.69 bits per heavy atom. The van der Waals surface area contributed by atoms with Crippen LogP contribution in [0.1, 0.15) is 5.56 Å². The lowest BCUT2D eigenvalue weighted by molar-refractivity contribution is -0.728. The lowest BCUT2D eigenvalue weighted by Gasteiger charge is -2.06. The molecule has 2 heterocycles. The van der Waals surface area contributed by atoms with Gasteiger partial charge >= 0.3 is 0 Å². The van der Waals surface area contributed by atoms with Gasteiger partial charge in [0.25, 0.3) is 0 Å². The van der Waals surface area contributed by atoms with Gasteiger partial charge in [-0.1, -0.05) is 4.68 Å². The Kier molecular flexibility index (Phi) is 3.00. The number of rotatable bonds is 3. The molecule has 0 bridgehead atoms. The van der Waals surface area contributed by atoms with Gasteiger partial charge in [-0.25, -0.2) is 0 Å². The highest BCUT2D eigenvalue weighted by Crippen LogP contribution is 2.18. The van der Waals surface area contributed by atoms with E-state index in [0.717, 1.165) is 11.1 Å². The van der Waals surface area contributed by atoms with Crippen molar-refractivity contribution in [3.8, 4) is 0 Å². The molecule has 0 saturated carbocycles. The number of nitrogens with zero attached hydrogens (tertiary/aromatic N) is 4. The molecule has 86 valence electrons. The lowest BCUT2D eigenvalue weighted by Crippen LogP contribution is -2.33. The topological polar surface area (TPSA) is 84.0 Å². The van der Waals surface area contributed by atoms with Crippen LogP contribution in [-0.2, 0) is 29.8 Å². The van der Waals surface area contributed by atoms with Crippen molar-refractivity contribution in [3.05, 3.63) is 18.0 Å². The Labute approximate surface area is 92.2 Å². The van der Waals surface area contributed by atoms with Gasteiger partial charge in [-0.2, -0.15) is 5.10 Å². The van der Waals surface area contributed by atoms with Crippen molar-refractivity contribution >= 4 is 19.3 Å². The minimum Gasteiger partial charge on any atom is -0.781 e. The van der Waals surface area contributed by atoms with Gasteiger partial charge < -0.3 is 14.0 Å². The molecule has 2 rings (SSSR count). The number of hydrogen-bond donors (Lipinski definition) is 0. The average molecular weight is 242 g/mol. The minimum atomic E-state index is -3.17. The van der Waals surface area contributed by atoms with Crippen LogP contribution in [0.5, 0.6) is 0 Å². The molecule has 0 N–H and O–H groups in total. The molecule has 2 aromatic heterocycles. The Balaban J connectivity index is 2.48. The molecule has 0 saturated heterocycles. The standard InChI is InChI=1S/C8H11N4O3P/c1-11-4-6(5-15-16(13)14)8-7(10-11)3-9-12(8)2/h3-4,16H,5H2,1-2H3. The van der Waals surface area contributed by atoms with Crippen molar-refractivity contribution in [2.45, 2.75) is 6.61 Å². The molecule has 0 aliphatic rings. The third-order valence-corrected chi connectivity index (χ3v) is 2.56. The highest BCUT2D eigenvalue weighted by atomic mass is 31.1. The number of fused-ring (bicyclic) bond motifs is 1. The summed E-state index contributed by atoms with van der Waals surface area (Å²) in [4.78, 5) is 10.4. The second-order valence-corrected chi connectivity index (χ2v) is 4.16. The summed E-state index contributed by atoms with van der Waals surface area (Å²) in [6.07, 6.45) is 3.34. The third kappa shape index (κ3) is 2.11. The zero-order chi connectivity index (χ0) is 11.7. The summed E-state index contributed by atoms with van der Waals surface area (Å²) in [5, 5.41) is 8.28. The predicted molar refractivity (Wildman–Crippen MR) is 53.5 cm³/mol. The van der Waals surface area contributed by atoms with Gasteiger partial charge in [-0.3, -0.25) is 4.68 Å². The van der Waals surface area contributed by atoms with Crippen molar-refractivity contribution < 1.29 is 18.7 Å². The largest absolute Gasteiger partial charge is 0.781 e.